The molecule has 0 unspecified atom stereocenters. The third kappa shape index (κ3) is 2.57. The molecule has 4 rings (SSSR count). The molecule has 4 nitrogen and oxygen atoms in total. The van der Waals surface area contributed by atoms with E-state index >= 15 is 0 Å². The molecule has 24 heavy (non-hydrogen) atoms. The van der Waals surface area contributed by atoms with Crippen molar-refractivity contribution in [2.75, 3.05) is 12.9 Å². The van der Waals surface area contributed by atoms with Crippen LogP contribution in [0.1, 0.15) is 36.7 Å². The minimum absolute atomic E-state index is 0.0372. The van der Waals surface area contributed by atoms with E-state index in [1.54, 1.807) is 7.11 Å². The summed E-state index contributed by atoms with van der Waals surface area (Å²) in [7, 11) is 1.71. The van der Waals surface area contributed by atoms with Gasteiger partial charge < -0.3 is 9.64 Å². The van der Waals surface area contributed by atoms with Crippen LogP contribution in [0.3, 0.4) is 0 Å². The quantitative estimate of drug-likeness (QED) is 0.841. The molecule has 2 aromatic rings. The van der Waals surface area contributed by atoms with E-state index in [1.165, 1.54) is 5.56 Å². The molecule has 2 aliphatic rings. The Labute approximate surface area is 147 Å². The molecule has 2 aliphatic heterocycles. The van der Waals surface area contributed by atoms with Gasteiger partial charge in [-0.1, -0.05) is 36.9 Å². The second kappa shape index (κ2) is 6.48. The lowest BCUT2D eigenvalue weighted by Crippen LogP contribution is -2.35. The first-order valence-electron chi connectivity index (χ1n) is 8.35. The molecule has 0 aliphatic carbocycles. The number of hydrogen-bond acceptors (Lipinski definition) is 5. The summed E-state index contributed by atoms with van der Waals surface area (Å²) in [5.74, 6) is 2.01. The highest BCUT2D eigenvalue weighted by atomic mass is 32.2. The van der Waals surface area contributed by atoms with Gasteiger partial charge in [0.2, 0.25) is 0 Å². The molecule has 3 heterocycles. The van der Waals surface area contributed by atoms with E-state index in [0.29, 0.717) is 6.04 Å². The molecule has 124 valence electrons. The van der Waals surface area contributed by atoms with Gasteiger partial charge in [-0.3, -0.25) is 9.98 Å². The summed E-state index contributed by atoms with van der Waals surface area (Å²) >= 11 is 1.87. The fourth-order valence-corrected chi connectivity index (χ4v) is 4.87. The fraction of sp³-hybridized carbons (Fsp3) is 0.368. The van der Waals surface area contributed by atoms with Crippen molar-refractivity contribution in [1.29, 1.82) is 0 Å². The summed E-state index contributed by atoms with van der Waals surface area (Å²) in [4.78, 5) is 12.1. The SMILES string of the molecule is CC[C@@H]1CSC2=N[C@@H](c3ccccn3)[C@@H](c3cccc(OC)c3)N21. The maximum atomic E-state index is 5.44. The maximum absolute atomic E-state index is 5.44. The van der Waals surface area contributed by atoms with Crippen LogP contribution in [0, 0.1) is 0 Å². The summed E-state index contributed by atoms with van der Waals surface area (Å²) in [6.07, 6.45) is 2.98. The van der Waals surface area contributed by atoms with Gasteiger partial charge in [0.25, 0.3) is 0 Å². The zero-order valence-electron chi connectivity index (χ0n) is 13.9. The number of pyridine rings is 1. The number of hydrogen-bond donors (Lipinski definition) is 0. The molecule has 1 aromatic carbocycles. The monoisotopic (exact) mass is 339 g/mol. The normalized spacial score (nSPS) is 25.5. The zero-order valence-corrected chi connectivity index (χ0v) is 14.7. The Morgan fingerprint density at radius 2 is 2.17 bits per heavy atom. The molecule has 0 N–H and O–H groups in total. The highest BCUT2D eigenvalue weighted by Gasteiger charge is 2.45. The van der Waals surface area contributed by atoms with Crippen molar-refractivity contribution in [2.45, 2.75) is 31.5 Å². The van der Waals surface area contributed by atoms with E-state index in [-0.39, 0.29) is 12.1 Å². The van der Waals surface area contributed by atoms with Crippen molar-refractivity contribution in [3.63, 3.8) is 0 Å². The predicted molar refractivity (Wildman–Crippen MR) is 98.5 cm³/mol. The number of methoxy groups -OCH3 is 1. The number of ether oxygens (including phenoxy) is 1. The Bertz CT molecular complexity index is 749. The van der Waals surface area contributed by atoms with Crippen molar-refractivity contribution in [2.24, 2.45) is 4.99 Å². The smallest absolute Gasteiger partial charge is 0.160 e. The zero-order chi connectivity index (χ0) is 16.5. The Kier molecular flexibility index (Phi) is 4.19. The van der Waals surface area contributed by atoms with Crippen LogP contribution >= 0.6 is 11.8 Å². The lowest BCUT2D eigenvalue weighted by atomic mass is 9.95. The molecule has 0 bridgehead atoms. The first kappa shape index (κ1) is 15.5. The van der Waals surface area contributed by atoms with Gasteiger partial charge in [-0.15, -0.1) is 0 Å². The van der Waals surface area contributed by atoms with Crippen LogP contribution in [0.15, 0.2) is 53.7 Å². The molecule has 1 saturated heterocycles. The molecule has 0 radical (unpaired) electrons. The molecule has 0 amide bonds. The molecular weight excluding hydrogens is 318 g/mol. The van der Waals surface area contributed by atoms with Crippen LogP contribution in [0.4, 0.5) is 0 Å². The second-order valence-electron chi connectivity index (χ2n) is 6.11. The summed E-state index contributed by atoms with van der Waals surface area (Å²) in [6, 6.07) is 15.2. The number of benzene rings is 1. The van der Waals surface area contributed by atoms with Gasteiger partial charge in [-0.05, 0) is 36.2 Å². The molecule has 1 aromatic heterocycles. The number of fused-ring (bicyclic) bond motifs is 1. The van der Waals surface area contributed by atoms with Gasteiger partial charge in [0.15, 0.2) is 5.17 Å². The highest BCUT2D eigenvalue weighted by Crippen LogP contribution is 2.48. The average molecular weight is 339 g/mol. The number of aliphatic imine (C=N–C) groups is 1. The van der Waals surface area contributed by atoms with Crippen LogP contribution < -0.4 is 4.74 Å². The van der Waals surface area contributed by atoms with Gasteiger partial charge in [0.1, 0.15) is 11.8 Å². The molecule has 0 saturated carbocycles. The third-order valence-corrected chi connectivity index (χ3v) is 5.89. The Balaban J connectivity index is 1.79. The molecule has 0 spiro atoms. The van der Waals surface area contributed by atoms with E-state index in [4.69, 9.17) is 9.73 Å². The lowest BCUT2D eigenvalue weighted by Gasteiger charge is -2.32. The third-order valence-electron chi connectivity index (χ3n) is 4.76. The largest absolute Gasteiger partial charge is 0.497 e. The van der Waals surface area contributed by atoms with E-state index in [2.05, 4.69) is 41.1 Å². The summed E-state index contributed by atoms with van der Waals surface area (Å²) in [5.41, 5.74) is 2.27. The van der Waals surface area contributed by atoms with Gasteiger partial charge >= 0.3 is 0 Å². The van der Waals surface area contributed by atoms with Gasteiger partial charge in [0.05, 0.1) is 18.8 Å². The predicted octanol–water partition coefficient (Wildman–Crippen LogP) is 4.07. The van der Waals surface area contributed by atoms with Crippen LogP contribution in [0.25, 0.3) is 0 Å². The van der Waals surface area contributed by atoms with Gasteiger partial charge in [-0.2, -0.15) is 0 Å². The summed E-state index contributed by atoms with van der Waals surface area (Å²) < 4.78 is 5.44. The van der Waals surface area contributed by atoms with Crippen LogP contribution in [-0.4, -0.2) is 34.0 Å². The van der Waals surface area contributed by atoms with E-state index < -0.39 is 0 Å². The lowest BCUT2D eigenvalue weighted by molar-refractivity contribution is 0.254. The van der Waals surface area contributed by atoms with E-state index in [0.717, 1.165) is 28.8 Å². The first-order valence-corrected chi connectivity index (χ1v) is 9.34. The maximum Gasteiger partial charge on any atom is 0.160 e. The number of rotatable bonds is 4. The summed E-state index contributed by atoms with van der Waals surface area (Å²) in [6.45, 7) is 2.25. The van der Waals surface area contributed by atoms with E-state index in [1.807, 2.05) is 36.2 Å². The number of thioether (sulfide) groups is 1. The van der Waals surface area contributed by atoms with Crippen molar-refractivity contribution in [1.82, 2.24) is 9.88 Å². The van der Waals surface area contributed by atoms with Crippen LogP contribution in [0.5, 0.6) is 5.75 Å². The molecule has 3 atom stereocenters. The fourth-order valence-electron chi connectivity index (χ4n) is 3.54. The minimum atomic E-state index is 0.0372. The van der Waals surface area contributed by atoms with Crippen LogP contribution in [-0.2, 0) is 0 Å². The van der Waals surface area contributed by atoms with E-state index in [9.17, 15) is 0 Å². The number of amidine groups is 1. The van der Waals surface area contributed by atoms with Crippen molar-refractivity contribution < 1.29 is 4.74 Å². The van der Waals surface area contributed by atoms with Crippen molar-refractivity contribution in [3.05, 3.63) is 59.9 Å². The molecule has 5 heteroatoms. The standard InChI is InChI=1S/C19H21N3OS/c1-3-14-12-24-19-21-17(16-9-4-5-10-20-16)18(22(14)19)13-7-6-8-15(11-13)23-2/h4-11,14,17-18H,3,12H2,1-2H3/t14-,17+,18-/m1/s1. The van der Waals surface area contributed by atoms with Gasteiger partial charge in [0, 0.05) is 18.0 Å². The van der Waals surface area contributed by atoms with Crippen molar-refractivity contribution >= 4 is 16.9 Å². The number of aromatic nitrogens is 1. The van der Waals surface area contributed by atoms with Gasteiger partial charge in [-0.25, -0.2) is 0 Å². The molecule has 1 fully saturated rings. The molecular formula is C19H21N3OS. The Hall–Kier alpha value is -2.01. The number of nitrogens with zero attached hydrogens (tertiary/aromatic N) is 3. The van der Waals surface area contributed by atoms with Crippen LogP contribution in [0.2, 0.25) is 0 Å². The Morgan fingerprint density at radius 1 is 1.25 bits per heavy atom. The first-order chi connectivity index (χ1) is 11.8. The van der Waals surface area contributed by atoms with Crippen molar-refractivity contribution in [3.8, 4) is 5.75 Å². The average Bonchev–Trinajstić information content (AvgIpc) is 3.21. The second-order valence-corrected chi connectivity index (χ2v) is 7.10. The summed E-state index contributed by atoms with van der Waals surface area (Å²) in [5, 5.41) is 1.16. The highest BCUT2D eigenvalue weighted by molar-refractivity contribution is 8.14. The Morgan fingerprint density at radius 3 is 2.92 bits per heavy atom. The minimum Gasteiger partial charge on any atom is -0.497 e. The topological polar surface area (TPSA) is 37.7 Å².